The molecule has 0 radical (unpaired) electrons. The van der Waals surface area contributed by atoms with E-state index in [9.17, 15) is 14.4 Å². The number of nitrogens with zero attached hydrogens (tertiary/aromatic N) is 2. The normalized spacial score (nSPS) is 13.8. The van der Waals surface area contributed by atoms with E-state index in [2.05, 4.69) is 10.5 Å². The number of aryl methyl sites for hydroxylation is 2. The third kappa shape index (κ3) is 4.78. The molecule has 0 aliphatic carbocycles. The number of ether oxygens (including phenoxy) is 1. The van der Waals surface area contributed by atoms with Crippen molar-refractivity contribution in [3.63, 3.8) is 0 Å². The number of hydrogen-bond acceptors (Lipinski definition) is 7. The van der Waals surface area contributed by atoms with Gasteiger partial charge in [-0.1, -0.05) is 29.4 Å². The highest BCUT2D eigenvalue weighted by Gasteiger charge is 2.31. The van der Waals surface area contributed by atoms with Gasteiger partial charge in [-0.3, -0.25) is 14.5 Å². The number of anilines is 2. The molecule has 0 spiro atoms. The summed E-state index contributed by atoms with van der Waals surface area (Å²) in [4.78, 5) is 40.1. The van der Waals surface area contributed by atoms with Crippen molar-refractivity contribution in [2.45, 2.75) is 37.5 Å². The first-order chi connectivity index (χ1) is 15.8. The van der Waals surface area contributed by atoms with Crippen LogP contribution in [0.2, 0.25) is 0 Å². The molecule has 4 rings (SSSR count). The van der Waals surface area contributed by atoms with Gasteiger partial charge in [0.25, 0.3) is 5.91 Å². The maximum absolute atomic E-state index is 13.1. The fraction of sp³-hybridized carbons (Fsp3) is 0.250. The Labute approximate surface area is 195 Å². The largest absolute Gasteiger partial charge is 0.449 e. The summed E-state index contributed by atoms with van der Waals surface area (Å²) in [7, 11) is 0. The second kappa shape index (κ2) is 9.50. The van der Waals surface area contributed by atoms with Crippen molar-refractivity contribution in [1.29, 1.82) is 0 Å². The third-order valence-corrected chi connectivity index (χ3v) is 6.43. The summed E-state index contributed by atoms with van der Waals surface area (Å²) in [6, 6.07) is 14.1. The van der Waals surface area contributed by atoms with Crippen LogP contribution in [-0.4, -0.2) is 35.6 Å². The maximum Gasteiger partial charge on any atom is 0.340 e. The van der Waals surface area contributed by atoms with E-state index in [1.54, 1.807) is 36.4 Å². The topological polar surface area (TPSA) is 102 Å². The van der Waals surface area contributed by atoms with E-state index in [1.807, 2.05) is 26.0 Å². The molecule has 9 heteroatoms. The van der Waals surface area contributed by atoms with Crippen LogP contribution < -0.4 is 10.2 Å². The molecule has 0 saturated heterocycles. The SMILES string of the molecule is Cc1noc(C)c1CSc1ccccc1C(=O)O[C@H](C)C(=O)N1CC(=O)Nc2ccccc21. The van der Waals surface area contributed by atoms with Gasteiger partial charge in [0.05, 0.1) is 22.6 Å². The molecule has 0 bridgehead atoms. The predicted octanol–water partition coefficient (Wildman–Crippen LogP) is 4.11. The van der Waals surface area contributed by atoms with Gasteiger partial charge in [0.1, 0.15) is 12.3 Å². The summed E-state index contributed by atoms with van der Waals surface area (Å²) >= 11 is 1.47. The minimum atomic E-state index is -1.07. The number of carbonyl (C=O) groups excluding carboxylic acids is 3. The van der Waals surface area contributed by atoms with Crippen LogP contribution in [0.1, 0.15) is 34.3 Å². The van der Waals surface area contributed by atoms with Crippen molar-refractivity contribution in [2.75, 3.05) is 16.8 Å². The van der Waals surface area contributed by atoms with E-state index in [-0.39, 0.29) is 12.5 Å². The number of carbonyl (C=O) groups is 3. The molecule has 0 fully saturated rings. The molecule has 1 atom stereocenters. The van der Waals surface area contributed by atoms with Crippen LogP contribution in [0.4, 0.5) is 11.4 Å². The molecular weight excluding hydrogens is 442 g/mol. The van der Waals surface area contributed by atoms with Crippen molar-refractivity contribution in [3.05, 3.63) is 71.1 Å². The summed E-state index contributed by atoms with van der Waals surface area (Å²) in [5, 5.41) is 6.70. The van der Waals surface area contributed by atoms with Crippen LogP contribution >= 0.6 is 11.8 Å². The van der Waals surface area contributed by atoms with Crippen molar-refractivity contribution >= 4 is 40.9 Å². The van der Waals surface area contributed by atoms with E-state index in [1.165, 1.54) is 23.6 Å². The quantitative estimate of drug-likeness (QED) is 0.432. The molecule has 3 aromatic rings. The number of esters is 1. The van der Waals surface area contributed by atoms with E-state index in [4.69, 9.17) is 9.26 Å². The number of benzene rings is 2. The standard InChI is InChI=1S/C24H23N3O5S/c1-14-18(15(2)32-26-14)13-33-21-11-7-4-8-17(21)24(30)31-16(3)23(29)27-12-22(28)25-19-9-5-6-10-20(19)27/h4-11,16H,12-13H2,1-3H3,(H,25,28)/t16-/m1/s1. The third-order valence-electron chi connectivity index (χ3n) is 5.33. The Hall–Kier alpha value is -3.59. The van der Waals surface area contributed by atoms with E-state index >= 15 is 0 Å². The summed E-state index contributed by atoms with van der Waals surface area (Å²) < 4.78 is 10.7. The lowest BCUT2D eigenvalue weighted by Crippen LogP contribution is -2.47. The maximum atomic E-state index is 13.1. The zero-order valence-corrected chi connectivity index (χ0v) is 19.3. The molecule has 33 heavy (non-hydrogen) atoms. The van der Waals surface area contributed by atoms with Crippen LogP contribution in [0.15, 0.2) is 57.9 Å². The second-order valence-corrected chi connectivity index (χ2v) is 8.64. The molecule has 0 saturated carbocycles. The van der Waals surface area contributed by atoms with Gasteiger partial charge in [-0.15, -0.1) is 11.8 Å². The monoisotopic (exact) mass is 465 g/mol. The minimum absolute atomic E-state index is 0.137. The molecule has 2 amide bonds. The molecular formula is C24H23N3O5S. The highest BCUT2D eigenvalue weighted by molar-refractivity contribution is 7.98. The van der Waals surface area contributed by atoms with Crippen molar-refractivity contribution in [1.82, 2.24) is 5.16 Å². The van der Waals surface area contributed by atoms with Gasteiger partial charge in [0, 0.05) is 16.2 Å². The Morgan fingerprint density at radius 1 is 1.18 bits per heavy atom. The number of nitrogens with one attached hydrogen (secondary N) is 1. The molecule has 1 aliphatic heterocycles. The lowest BCUT2D eigenvalue weighted by Gasteiger charge is -2.30. The van der Waals surface area contributed by atoms with Crippen LogP contribution in [0, 0.1) is 13.8 Å². The van der Waals surface area contributed by atoms with E-state index < -0.39 is 18.0 Å². The summed E-state index contributed by atoms with van der Waals surface area (Å²) in [6.45, 7) is 5.10. The number of para-hydroxylation sites is 2. The number of thioether (sulfide) groups is 1. The van der Waals surface area contributed by atoms with Crippen molar-refractivity contribution in [3.8, 4) is 0 Å². The predicted molar refractivity (Wildman–Crippen MR) is 124 cm³/mol. The lowest BCUT2D eigenvalue weighted by atomic mass is 10.1. The molecule has 8 nitrogen and oxygen atoms in total. The first-order valence-electron chi connectivity index (χ1n) is 10.4. The van der Waals surface area contributed by atoms with Gasteiger partial charge in [-0.25, -0.2) is 4.79 Å². The Balaban J connectivity index is 1.47. The number of aromatic nitrogens is 1. The summed E-state index contributed by atoms with van der Waals surface area (Å²) in [5.74, 6) is -0.0506. The molecule has 170 valence electrons. The molecule has 0 unspecified atom stereocenters. The fourth-order valence-electron chi connectivity index (χ4n) is 3.54. The van der Waals surface area contributed by atoms with Gasteiger partial charge >= 0.3 is 5.97 Å². The molecule has 1 aliphatic rings. The Bertz CT molecular complexity index is 1200. The molecule has 1 N–H and O–H groups in total. The molecule has 2 aromatic carbocycles. The van der Waals surface area contributed by atoms with Crippen molar-refractivity contribution < 1.29 is 23.6 Å². The van der Waals surface area contributed by atoms with Crippen LogP contribution in [0.25, 0.3) is 0 Å². The zero-order chi connectivity index (χ0) is 23.5. The molecule has 1 aromatic heterocycles. The molecule has 2 heterocycles. The first-order valence-corrected chi connectivity index (χ1v) is 11.4. The average molecular weight is 466 g/mol. The highest BCUT2D eigenvalue weighted by atomic mass is 32.2. The number of rotatable bonds is 6. The average Bonchev–Trinajstić information content (AvgIpc) is 3.13. The van der Waals surface area contributed by atoms with Gasteiger partial charge in [-0.05, 0) is 45.0 Å². The van der Waals surface area contributed by atoms with Gasteiger partial charge in [0.2, 0.25) is 5.91 Å². The minimum Gasteiger partial charge on any atom is -0.449 e. The number of fused-ring (bicyclic) bond motifs is 1. The Morgan fingerprint density at radius 3 is 2.67 bits per heavy atom. The Kier molecular flexibility index (Phi) is 6.50. The van der Waals surface area contributed by atoms with Crippen LogP contribution in [-0.2, 0) is 20.1 Å². The van der Waals surface area contributed by atoms with Gasteiger partial charge in [0.15, 0.2) is 6.10 Å². The van der Waals surface area contributed by atoms with Crippen LogP contribution in [0.3, 0.4) is 0 Å². The van der Waals surface area contributed by atoms with Gasteiger partial charge in [-0.2, -0.15) is 0 Å². The van der Waals surface area contributed by atoms with Gasteiger partial charge < -0.3 is 14.6 Å². The Morgan fingerprint density at radius 2 is 1.91 bits per heavy atom. The van der Waals surface area contributed by atoms with Crippen molar-refractivity contribution in [2.24, 2.45) is 0 Å². The zero-order valence-electron chi connectivity index (χ0n) is 18.5. The lowest BCUT2D eigenvalue weighted by molar-refractivity contribution is -0.128. The number of amides is 2. The highest BCUT2D eigenvalue weighted by Crippen LogP contribution is 2.31. The summed E-state index contributed by atoms with van der Waals surface area (Å²) in [5.41, 5.74) is 3.27. The number of hydrogen-bond donors (Lipinski definition) is 1. The van der Waals surface area contributed by atoms with Crippen LogP contribution in [0.5, 0.6) is 0 Å². The summed E-state index contributed by atoms with van der Waals surface area (Å²) in [6.07, 6.45) is -1.07. The van der Waals surface area contributed by atoms with E-state index in [0.717, 1.165) is 21.9 Å². The second-order valence-electron chi connectivity index (χ2n) is 7.62. The smallest absolute Gasteiger partial charge is 0.340 e. The first kappa shape index (κ1) is 22.6. The fourth-order valence-corrected chi connectivity index (χ4v) is 4.74. The van der Waals surface area contributed by atoms with E-state index in [0.29, 0.717) is 22.7 Å².